The molecule has 1 aliphatic heterocycles. The topological polar surface area (TPSA) is 112 Å². The lowest BCUT2D eigenvalue weighted by molar-refractivity contribution is -0.383. The minimum absolute atomic E-state index is 0.106. The van der Waals surface area contributed by atoms with Crippen molar-refractivity contribution >= 4 is 28.4 Å². The Morgan fingerprint density at radius 1 is 1.36 bits per heavy atom. The van der Waals surface area contributed by atoms with Crippen LogP contribution in [-0.2, 0) is 9.53 Å². The van der Waals surface area contributed by atoms with E-state index in [9.17, 15) is 14.9 Å². The van der Waals surface area contributed by atoms with Gasteiger partial charge < -0.3 is 9.64 Å². The fourth-order valence-electron chi connectivity index (χ4n) is 2.77. The summed E-state index contributed by atoms with van der Waals surface area (Å²) >= 11 is 0. The van der Waals surface area contributed by atoms with Crippen molar-refractivity contribution in [3.8, 4) is 0 Å². The Morgan fingerprint density at radius 2 is 2.05 bits per heavy atom. The molecule has 3 rings (SSSR count). The second-order valence-electron chi connectivity index (χ2n) is 5.11. The first-order chi connectivity index (χ1) is 10.6. The SMILES string of the molecule is COC(=O)C1CCN(c2ccc([N+](=O)[O-])c3nonc23)CC1. The van der Waals surface area contributed by atoms with Crippen LogP contribution >= 0.6 is 0 Å². The molecule has 0 N–H and O–H groups in total. The van der Waals surface area contributed by atoms with Crippen LogP contribution in [0.4, 0.5) is 11.4 Å². The van der Waals surface area contributed by atoms with E-state index in [-0.39, 0.29) is 23.1 Å². The number of carbonyl (C=O) groups excluding carboxylic acids is 1. The van der Waals surface area contributed by atoms with E-state index in [4.69, 9.17) is 4.74 Å². The van der Waals surface area contributed by atoms with Crippen LogP contribution in [0, 0.1) is 16.0 Å². The fourth-order valence-corrected chi connectivity index (χ4v) is 2.77. The lowest BCUT2D eigenvalue weighted by atomic mass is 9.96. The number of hydrogen-bond donors (Lipinski definition) is 0. The van der Waals surface area contributed by atoms with Crippen LogP contribution < -0.4 is 4.90 Å². The van der Waals surface area contributed by atoms with E-state index in [2.05, 4.69) is 14.9 Å². The number of anilines is 1. The lowest BCUT2D eigenvalue weighted by Gasteiger charge is -2.32. The molecule has 0 radical (unpaired) electrons. The maximum Gasteiger partial charge on any atom is 0.308 e. The van der Waals surface area contributed by atoms with Crippen LogP contribution in [0.5, 0.6) is 0 Å². The summed E-state index contributed by atoms with van der Waals surface area (Å²) in [6.45, 7) is 1.28. The fraction of sp³-hybridized carbons (Fsp3) is 0.462. The molecule has 0 amide bonds. The first-order valence-corrected chi connectivity index (χ1v) is 6.84. The van der Waals surface area contributed by atoms with Gasteiger partial charge in [-0.2, -0.15) is 0 Å². The highest BCUT2D eigenvalue weighted by atomic mass is 16.6. The van der Waals surface area contributed by atoms with Gasteiger partial charge in [-0.3, -0.25) is 14.9 Å². The largest absolute Gasteiger partial charge is 0.469 e. The third-order valence-corrected chi connectivity index (χ3v) is 3.94. The number of aromatic nitrogens is 2. The van der Waals surface area contributed by atoms with Crippen LogP contribution in [0.3, 0.4) is 0 Å². The highest BCUT2D eigenvalue weighted by Gasteiger charge is 2.28. The number of esters is 1. The molecule has 9 nitrogen and oxygen atoms in total. The molecular weight excluding hydrogens is 292 g/mol. The average Bonchev–Trinajstić information content (AvgIpc) is 3.02. The number of rotatable bonds is 3. The molecule has 1 saturated heterocycles. The molecule has 0 saturated carbocycles. The number of nitro benzene ring substituents is 1. The van der Waals surface area contributed by atoms with E-state index >= 15 is 0 Å². The van der Waals surface area contributed by atoms with Gasteiger partial charge in [0.05, 0.1) is 23.6 Å². The summed E-state index contributed by atoms with van der Waals surface area (Å²) in [6, 6.07) is 3.04. The molecule has 0 aliphatic carbocycles. The van der Waals surface area contributed by atoms with Gasteiger partial charge in [0, 0.05) is 19.2 Å². The van der Waals surface area contributed by atoms with Crippen LogP contribution in [0.2, 0.25) is 0 Å². The predicted octanol–water partition coefficient (Wildman–Crippen LogP) is 1.52. The summed E-state index contributed by atoms with van der Waals surface area (Å²) in [4.78, 5) is 24.0. The molecule has 2 aromatic rings. The highest BCUT2D eigenvalue weighted by molar-refractivity contribution is 5.93. The molecule has 0 atom stereocenters. The molecule has 9 heteroatoms. The molecule has 0 bridgehead atoms. The van der Waals surface area contributed by atoms with Gasteiger partial charge in [-0.1, -0.05) is 0 Å². The van der Waals surface area contributed by atoms with E-state index in [1.54, 1.807) is 6.07 Å². The van der Waals surface area contributed by atoms with E-state index in [0.717, 1.165) is 5.69 Å². The zero-order valence-electron chi connectivity index (χ0n) is 11.9. The Kier molecular flexibility index (Phi) is 3.61. The van der Waals surface area contributed by atoms with Crippen molar-refractivity contribution in [1.29, 1.82) is 0 Å². The summed E-state index contributed by atoms with van der Waals surface area (Å²) in [5.74, 6) is -0.304. The Hall–Kier alpha value is -2.71. The van der Waals surface area contributed by atoms with E-state index in [0.29, 0.717) is 31.4 Å². The molecule has 2 heterocycles. The molecule has 0 spiro atoms. The van der Waals surface area contributed by atoms with Crippen LogP contribution in [-0.4, -0.2) is 41.4 Å². The number of nitrogens with zero attached hydrogens (tertiary/aromatic N) is 4. The van der Waals surface area contributed by atoms with Gasteiger partial charge in [0.15, 0.2) is 5.52 Å². The van der Waals surface area contributed by atoms with Gasteiger partial charge in [0.25, 0.3) is 0 Å². The van der Waals surface area contributed by atoms with Gasteiger partial charge in [-0.25, -0.2) is 4.63 Å². The van der Waals surface area contributed by atoms with Gasteiger partial charge in [0.1, 0.15) is 0 Å². The van der Waals surface area contributed by atoms with Gasteiger partial charge in [-0.05, 0) is 29.2 Å². The van der Waals surface area contributed by atoms with Crippen molar-refractivity contribution in [2.24, 2.45) is 5.92 Å². The number of piperidine rings is 1. The van der Waals surface area contributed by atoms with E-state index < -0.39 is 4.92 Å². The molecule has 0 unspecified atom stereocenters. The van der Waals surface area contributed by atoms with Gasteiger partial charge >= 0.3 is 11.7 Å². The van der Waals surface area contributed by atoms with Crippen molar-refractivity contribution < 1.29 is 19.1 Å². The second kappa shape index (κ2) is 5.58. The quantitative estimate of drug-likeness (QED) is 0.476. The standard InChI is InChI=1S/C13H14N4O5/c1-21-13(18)8-4-6-16(7-5-8)9-2-3-10(17(19)20)12-11(9)14-22-15-12/h2-3,8H,4-7H2,1H3. The number of hydrogen-bond acceptors (Lipinski definition) is 8. The Balaban J connectivity index is 1.86. The molecule has 22 heavy (non-hydrogen) atoms. The number of benzene rings is 1. The van der Waals surface area contributed by atoms with Crippen LogP contribution in [0.1, 0.15) is 12.8 Å². The molecular formula is C13H14N4O5. The summed E-state index contributed by atoms with van der Waals surface area (Å²) in [6.07, 6.45) is 1.33. The van der Waals surface area contributed by atoms with Crippen molar-refractivity contribution in [3.05, 3.63) is 22.2 Å². The van der Waals surface area contributed by atoms with Gasteiger partial charge in [0.2, 0.25) is 5.52 Å². The maximum atomic E-state index is 11.5. The van der Waals surface area contributed by atoms with Crippen molar-refractivity contribution in [1.82, 2.24) is 10.3 Å². The number of non-ortho nitro benzene ring substituents is 1. The number of ether oxygens (including phenoxy) is 1. The number of carbonyl (C=O) groups is 1. The normalized spacial score (nSPS) is 16.0. The molecule has 1 aromatic carbocycles. The van der Waals surface area contributed by atoms with Crippen molar-refractivity contribution in [2.75, 3.05) is 25.1 Å². The summed E-state index contributed by atoms with van der Waals surface area (Å²) in [7, 11) is 1.38. The first kappa shape index (κ1) is 14.2. The maximum absolute atomic E-state index is 11.5. The molecule has 1 aromatic heterocycles. The van der Waals surface area contributed by atoms with Gasteiger partial charge in [-0.15, -0.1) is 0 Å². The van der Waals surface area contributed by atoms with Crippen LogP contribution in [0.25, 0.3) is 11.0 Å². The average molecular weight is 306 g/mol. The molecule has 1 fully saturated rings. The zero-order chi connectivity index (χ0) is 15.7. The minimum Gasteiger partial charge on any atom is -0.469 e. The second-order valence-corrected chi connectivity index (χ2v) is 5.11. The Bertz CT molecular complexity index is 720. The lowest BCUT2D eigenvalue weighted by Crippen LogP contribution is -2.36. The third kappa shape index (κ3) is 2.34. The monoisotopic (exact) mass is 306 g/mol. The Labute approximate surface area is 124 Å². The van der Waals surface area contributed by atoms with Crippen molar-refractivity contribution in [3.63, 3.8) is 0 Å². The number of fused-ring (bicyclic) bond motifs is 1. The van der Waals surface area contributed by atoms with E-state index in [1.165, 1.54) is 13.2 Å². The molecule has 1 aliphatic rings. The first-order valence-electron chi connectivity index (χ1n) is 6.84. The highest BCUT2D eigenvalue weighted by Crippen LogP contribution is 2.33. The number of methoxy groups -OCH3 is 1. The minimum atomic E-state index is -0.514. The summed E-state index contributed by atoms with van der Waals surface area (Å²) < 4.78 is 9.42. The summed E-state index contributed by atoms with van der Waals surface area (Å²) in [5, 5.41) is 18.4. The third-order valence-electron chi connectivity index (χ3n) is 3.94. The zero-order valence-corrected chi connectivity index (χ0v) is 11.9. The van der Waals surface area contributed by atoms with Crippen LogP contribution in [0.15, 0.2) is 16.8 Å². The smallest absolute Gasteiger partial charge is 0.308 e. The predicted molar refractivity (Wildman–Crippen MR) is 75.4 cm³/mol. The van der Waals surface area contributed by atoms with E-state index in [1.807, 2.05) is 4.90 Å². The Morgan fingerprint density at radius 3 is 2.68 bits per heavy atom. The number of nitro groups is 1. The molecule has 116 valence electrons. The van der Waals surface area contributed by atoms with Crippen molar-refractivity contribution in [2.45, 2.75) is 12.8 Å². The summed E-state index contributed by atoms with van der Waals surface area (Å²) in [5.41, 5.74) is 1.10.